The highest BCUT2D eigenvalue weighted by molar-refractivity contribution is 5.97. The summed E-state index contributed by atoms with van der Waals surface area (Å²) in [6, 6.07) is 12.3. The number of fused-ring (bicyclic) bond motifs is 1. The maximum atomic E-state index is 12.9. The Morgan fingerprint density at radius 3 is 2.57 bits per heavy atom. The first kappa shape index (κ1) is 19.2. The maximum absolute atomic E-state index is 12.9. The third-order valence-electron chi connectivity index (χ3n) is 4.13. The molecular weight excluding hydrogens is 363 g/mol. The number of nitrogens with one attached hydrogen (secondary N) is 1. The maximum Gasteiger partial charge on any atom is 0.283 e. The zero-order valence-corrected chi connectivity index (χ0v) is 15.2. The highest BCUT2D eigenvalue weighted by Gasteiger charge is 2.16. The zero-order chi connectivity index (χ0) is 20.1. The summed E-state index contributed by atoms with van der Waals surface area (Å²) in [5.74, 6) is -1.72. The summed E-state index contributed by atoms with van der Waals surface area (Å²) < 4.78 is 14.6. The molecule has 3 aromatic rings. The number of para-hydroxylation sites is 1. The lowest BCUT2D eigenvalue weighted by molar-refractivity contribution is -0.117. The Balaban J connectivity index is 1.71. The van der Waals surface area contributed by atoms with Crippen LogP contribution >= 0.6 is 0 Å². The number of rotatable bonds is 6. The summed E-state index contributed by atoms with van der Waals surface area (Å²) in [5, 5.41) is 21.0. The molecule has 8 heteroatoms. The third kappa shape index (κ3) is 4.06. The fraction of sp³-hybridized carbons (Fsp3) is 0.200. The number of hydrogen-bond acceptors (Lipinski definition) is 4. The highest BCUT2D eigenvalue weighted by Crippen LogP contribution is 2.38. The van der Waals surface area contributed by atoms with Crippen LogP contribution in [0.4, 0.5) is 10.1 Å². The average Bonchev–Trinajstić information content (AvgIpc) is 2.97. The molecule has 2 aromatic carbocycles. The molecule has 2 N–H and O–H groups in total. The minimum absolute atomic E-state index is 0.0602. The largest absolute Gasteiger partial charge is 0.493 e. The summed E-state index contributed by atoms with van der Waals surface area (Å²) in [7, 11) is 0. The lowest BCUT2D eigenvalue weighted by atomic mass is 10.2. The van der Waals surface area contributed by atoms with Crippen molar-refractivity contribution >= 4 is 28.4 Å². The van der Waals surface area contributed by atoms with E-state index >= 15 is 0 Å². The molecule has 0 aliphatic heterocycles. The summed E-state index contributed by atoms with van der Waals surface area (Å²) in [5.41, 5.74) is 1.24. The summed E-state index contributed by atoms with van der Waals surface area (Å²) >= 11 is 0. The van der Waals surface area contributed by atoms with Crippen molar-refractivity contribution in [1.29, 1.82) is 0 Å². The first-order chi connectivity index (χ1) is 13.5. The van der Waals surface area contributed by atoms with Gasteiger partial charge in [-0.15, -0.1) is 10.2 Å². The number of carbonyl (C=O) groups excluding carboxylic acids is 2. The molecule has 3 rings (SSSR count). The topological polar surface area (TPSA) is 96.0 Å². The van der Waals surface area contributed by atoms with Crippen LogP contribution < -0.4 is 5.32 Å². The molecule has 28 heavy (non-hydrogen) atoms. The van der Waals surface area contributed by atoms with Gasteiger partial charge in [-0.1, -0.05) is 25.1 Å². The molecule has 1 heterocycles. The van der Waals surface area contributed by atoms with Crippen LogP contribution in [0.1, 0.15) is 23.7 Å². The van der Waals surface area contributed by atoms with Gasteiger partial charge in [0.1, 0.15) is 12.4 Å². The van der Waals surface area contributed by atoms with Gasteiger partial charge in [-0.05, 0) is 36.8 Å². The van der Waals surface area contributed by atoms with Crippen molar-refractivity contribution in [2.75, 3.05) is 6.54 Å². The van der Waals surface area contributed by atoms with Gasteiger partial charge in [0.15, 0.2) is 5.69 Å². The number of carbonyl (C=O) groups is 2. The van der Waals surface area contributed by atoms with Crippen molar-refractivity contribution in [1.82, 2.24) is 9.88 Å². The predicted molar refractivity (Wildman–Crippen MR) is 102 cm³/mol. The monoisotopic (exact) mass is 382 g/mol. The molecule has 2 amide bonds. The number of nitrogens with zero attached hydrogens (tertiary/aromatic N) is 3. The number of benzene rings is 2. The Labute approximate surface area is 160 Å². The number of halogens is 1. The standard InChI is InChI=1S/C20H19FN4O3/c1-2-11-25-16-6-4-3-5-15(16)18(20(25)28)24-23-17(26)12-22-19(27)13-7-9-14(21)10-8-13/h3-10,28H,2,11-12H2,1H3,(H,22,27). The quantitative estimate of drug-likeness (QED) is 0.632. The smallest absolute Gasteiger partial charge is 0.283 e. The van der Waals surface area contributed by atoms with E-state index in [1.165, 1.54) is 12.1 Å². The lowest BCUT2D eigenvalue weighted by Crippen LogP contribution is -2.28. The van der Waals surface area contributed by atoms with E-state index in [0.29, 0.717) is 11.9 Å². The van der Waals surface area contributed by atoms with Crippen LogP contribution in [-0.4, -0.2) is 28.0 Å². The van der Waals surface area contributed by atoms with Gasteiger partial charge in [-0.25, -0.2) is 4.39 Å². The zero-order valence-electron chi connectivity index (χ0n) is 15.2. The molecule has 144 valence electrons. The minimum Gasteiger partial charge on any atom is -0.493 e. The Bertz CT molecular complexity index is 1040. The molecule has 0 spiro atoms. The Kier molecular flexibility index (Phi) is 5.78. The number of aryl methyl sites for hydroxylation is 1. The molecule has 0 radical (unpaired) electrons. The Morgan fingerprint density at radius 1 is 1.14 bits per heavy atom. The molecule has 1 aromatic heterocycles. The molecule has 0 bridgehead atoms. The average molecular weight is 382 g/mol. The van der Waals surface area contributed by atoms with Crippen LogP contribution in [-0.2, 0) is 11.3 Å². The first-order valence-electron chi connectivity index (χ1n) is 8.79. The van der Waals surface area contributed by atoms with Crippen LogP contribution in [0, 0.1) is 5.82 Å². The van der Waals surface area contributed by atoms with Crippen LogP contribution in [0.15, 0.2) is 58.8 Å². The fourth-order valence-electron chi connectivity index (χ4n) is 2.82. The van der Waals surface area contributed by atoms with Gasteiger partial charge in [-0.2, -0.15) is 0 Å². The van der Waals surface area contributed by atoms with Crippen molar-refractivity contribution in [3.05, 3.63) is 59.9 Å². The van der Waals surface area contributed by atoms with E-state index in [4.69, 9.17) is 0 Å². The van der Waals surface area contributed by atoms with Gasteiger partial charge in [0.2, 0.25) is 5.88 Å². The van der Waals surface area contributed by atoms with Crippen LogP contribution in [0.2, 0.25) is 0 Å². The van der Waals surface area contributed by atoms with Crippen LogP contribution in [0.5, 0.6) is 5.88 Å². The van der Waals surface area contributed by atoms with E-state index < -0.39 is 17.6 Å². The van der Waals surface area contributed by atoms with Gasteiger partial charge in [0, 0.05) is 17.5 Å². The Hall–Kier alpha value is -3.55. The van der Waals surface area contributed by atoms with Gasteiger partial charge in [0.05, 0.1) is 5.52 Å². The SMILES string of the molecule is CCCn1c(O)c(N=NC(=O)CNC(=O)c2ccc(F)cc2)c2ccccc21. The molecule has 0 unspecified atom stereocenters. The van der Waals surface area contributed by atoms with Crippen molar-refractivity contribution < 1.29 is 19.1 Å². The fourth-order valence-corrected chi connectivity index (χ4v) is 2.82. The molecule has 0 atom stereocenters. The van der Waals surface area contributed by atoms with E-state index in [9.17, 15) is 19.1 Å². The number of aromatic nitrogens is 1. The van der Waals surface area contributed by atoms with E-state index in [2.05, 4.69) is 15.5 Å². The molecule has 0 saturated carbocycles. The molecular formula is C20H19FN4O3. The van der Waals surface area contributed by atoms with Crippen molar-refractivity contribution in [2.45, 2.75) is 19.9 Å². The summed E-state index contributed by atoms with van der Waals surface area (Å²) in [6.07, 6.45) is 0.817. The van der Waals surface area contributed by atoms with Gasteiger partial charge in [0.25, 0.3) is 11.8 Å². The second kappa shape index (κ2) is 8.43. The molecule has 0 aliphatic carbocycles. The number of azo groups is 1. The molecule has 7 nitrogen and oxygen atoms in total. The first-order valence-corrected chi connectivity index (χ1v) is 8.79. The highest BCUT2D eigenvalue weighted by atomic mass is 19.1. The molecule has 0 saturated heterocycles. The van der Waals surface area contributed by atoms with Gasteiger partial charge in [-0.3, -0.25) is 9.59 Å². The van der Waals surface area contributed by atoms with E-state index in [-0.39, 0.29) is 23.7 Å². The van der Waals surface area contributed by atoms with Crippen molar-refractivity contribution in [3.63, 3.8) is 0 Å². The number of hydrogen-bond donors (Lipinski definition) is 2. The second-order valence-corrected chi connectivity index (χ2v) is 6.12. The Morgan fingerprint density at radius 2 is 1.86 bits per heavy atom. The molecule has 0 fully saturated rings. The predicted octanol–water partition coefficient (Wildman–Crippen LogP) is 3.94. The van der Waals surface area contributed by atoms with E-state index in [1.54, 1.807) is 10.6 Å². The second-order valence-electron chi connectivity index (χ2n) is 6.12. The van der Waals surface area contributed by atoms with Crippen molar-refractivity contribution in [2.24, 2.45) is 10.2 Å². The summed E-state index contributed by atoms with van der Waals surface area (Å²) in [4.78, 5) is 23.9. The molecule has 0 aliphatic rings. The van der Waals surface area contributed by atoms with Crippen LogP contribution in [0.3, 0.4) is 0 Å². The summed E-state index contributed by atoms with van der Waals surface area (Å²) in [6.45, 7) is 2.22. The number of aromatic hydroxyl groups is 1. The third-order valence-corrected chi connectivity index (χ3v) is 4.13. The van der Waals surface area contributed by atoms with E-state index in [0.717, 1.165) is 24.1 Å². The van der Waals surface area contributed by atoms with E-state index in [1.807, 2.05) is 25.1 Å². The minimum atomic E-state index is -0.679. The van der Waals surface area contributed by atoms with Gasteiger partial charge < -0.3 is 15.0 Å². The van der Waals surface area contributed by atoms with Gasteiger partial charge >= 0.3 is 0 Å². The lowest BCUT2D eigenvalue weighted by Gasteiger charge is -2.03. The van der Waals surface area contributed by atoms with Crippen LogP contribution in [0.25, 0.3) is 10.9 Å². The van der Waals surface area contributed by atoms with Crippen molar-refractivity contribution in [3.8, 4) is 5.88 Å². The normalized spacial score (nSPS) is 11.2. The number of amides is 2.